The number of aromatic nitrogens is 1. The molecule has 1 aromatic heterocycles. The van der Waals surface area contributed by atoms with Gasteiger partial charge in [-0.25, -0.2) is 4.79 Å². The van der Waals surface area contributed by atoms with E-state index in [1.54, 1.807) is 6.20 Å². The Balaban J connectivity index is 1.57. The average Bonchev–Trinajstić information content (AvgIpc) is 2.95. The molecule has 0 aromatic carbocycles. The number of pyridine rings is 1. The lowest BCUT2D eigenvalue weighted by atomic mass is 9.79. The lowest BCUT2D eigenvalue weighted by Crippen LogP contribution is -2.55. The number of urea groups is 1. The number of guanidine groups is 1. The van der Waals surface area contributed by atoms with Gasteiger partial charge >= 0.3 is 6.03 Å². The Bertz CT molecular complexity index is 699. The van der Waals surface area contributed by atoms with Crippen LogP contribution in [0.2, 0.25) is 0 Å². The molecule has 3 heterocycles. The number of aliphatic imine (C=N–C) groups is 1. The summed E-state index contributed by atoms with van der Waals surface area (Å²) < 4.78 is 0. The predicted molar refractivity (Wildman–Crippen MR) is 103 cm³/mol. The van der Waals surface area contributed by atoms with Gasteiger partial charge in [0, 0.05) is 44.5 Å². The zero-order valence-corrected chi connectivity index (χ0v) is 16.0. The monoisotopic (exact) mass is 372 g/mol. The summed E-state index contributed by atoms with van der Waals surface area (Å²) in [6.07, 6.45) is 4.26. The van der Waals surface area contributed by atoms with Crippen molar-refractivity contribution in [3.05, 3.63) is 30.1 Å². The van der Waals surface area contributed by atoms with E-state index in [0.29, 0.717) is 6.54 Å². The van der Waals surface area contributed by atoms with Crippen molar-refractivity contribution in [1.82, 2.24) is 25.8 Å². The number of nitrogens with one attached hydrogen (secondary N) is 3. The molecule has 2 saturated heterocycles. The molecule has 8 heteroatoms. The number of likely N-dealkylation sites (tertiary alicyclic amines) is 1. The van der Waals surface area contributed by atoms with E-state index >= 15 is 0 Å². The number of rotatable bonds is 5. The maximum absolute atomic E-state index is 12.1. The topological polar surface area (TPSA) is 98.7 Å². The van der Waals surface area contributed by atoms with E-state index in [1.807, 2.05) is 25.1 Å². The van der Waals surface area contributed by atoms with Crippen LogP contribution in [0.15, 0.2) is 29.4 Å². The first-order valence-corrected chi connectivity index (χ1v) is 9.59. The van der Waals surface area contributed by atoms with Crippen LogP contribution in [0.5, 0.6) is 0 Å². The van der Waals surface area contributed by atoms with Crippen molar-refractivity contribution >= 4 is 17.9 Å². The lowest BCUT2D eigenvalue weighted by molar-refractivity contribution is -0.125. The minimum atomic E-state index is -0.808. The molecule has 3 N–H and O–H groups in total. The highest BCUT2D eigenvalue weighted by Gasteiger charge is 2.48. The number of hydrogen-bond donors (Lipinski definition) is 3. The van der Waals surface area contributed by atoms with Crippen molar-refractivity contribution in [3.8, 4) is 0 Å². The third kappa shape index (κ3) is 4.37. The second-order valence-electron chi connectivity index (χ2n) is 7.18. The maximum Gasteiger partial charge on any atom is 0.322 e. The largest absolute Gasteiger partial charge is 0.357 e. The van der Waals surface area contributed by atoms with Gasteiger partial charge in [0.2, 0.25) is 0 Å². The van der Waals surface area contributed by atoms with E-state index in [1.165, 1.54) is 0 Å². The minimum absolute atomic E-state index is 0.122. The molecule has 0 bridgehead atoms. The van der Waals surface area contributed by atoms with Gasteiger partial charge < -0.3 is 15.5 Å². The third-order valence-corrected chi connectivity index (χ3v) is 5.37. The molecule has 2 aliphatic rings. The van der Waals surface area contributed by atoms with Crippen molar-refractivity contribution < 1.29 is 9.59 Å². The second kappa shape index (κ2) is 8.37. The van der Waals surface area contributed by atoms with E-state index < -0.39 is 11.6 Å². The van der Waals surface area contributed by atoms with Gasteiger partial charge in [-0.2, -0.15) is 0 Å². The van der Waals surface area contributed by atoms with Gasteiger partial charge in [-0.3, -0.25) is 20.1 Å². The molecule has 0 spiro atoms. The smallest absolute Gasteiger partial charge is 0.322 e. The summed E-state index contributed by atoms with van der Waals surface area (Å²) in [7, 11) is 0. The second-order valence-corrected chi connectivity index (χ2v) is 7.18. The summed E-state index contributed by atoms with van der Waals surface area (Å²) in [5.41, 5.74) is 0.226. The molecule has 1 unspecified atom stereocenters. The molecular weight excluding hydrogens is 344 g/mol. The maximum atomic E-state index is 12.1. The highest BCUT2D eigenvalue weighted by atomic mass is 16.2. The average molecular weight is 372 g/mol. The van der Waals surface area contributed by atoms with Crippen LogP contribution >= 0.6 is 0 Å². The molecule has 3 rings (SSSR count). The number of hydrogen-bond acceptors (Lipinski definition) is 4. The number of nitrogens with zero attached hydrogens (tertiary/aromatic N) is 3. The molecule has 2 fully saturated rings. The molecule has 0 radical (unpaired) electrons. The van der Waals surface area contributed by atoms with Crippen LogP contribution in [0.3, 0.4) is 0 Å². The Morgan fingerprint density at radius 1 is 1.37 bits per heavy atom. The summed E-state index contributed by atoms with van der Waals surface area (Å²) in [6, 6.07) is 5.51. The van der Waals surface area contributed by atoms with Crippen LogP contribution in [0, 0.1) is 5.92 Å². The normalized spacial score (nSPS) is 23.9. The minimum Gasteiger partial charge on any atom is -0.357 e. The number of carbonyl (C=O) groups is 2. The molecule has 2 aliphatic heterocycles. The molecule has 0 saturated carbocycles. The van der Waals surface area contributed by atoms with Crippen LogP contribution in [0.1, 0.15) is 32.4 Å². The SMILES string of the molecule is CCNC(=NCCc1ccccn1)N1CCC(C2(C)NC(=O)NC2=O)CC1. The van der Waals surface area contributed by atoms with Gasteiger partial charge in [0.25, 0.3) is 5.91 Å². The Morgan fingerprint density at radius 3 is 2.74 bits per heavy atom. The molecule has 27 heavy (non-hydrogen) atoms. The molecular formula is C19H28N6O2. The first kappa shape index (κ1) is 19.1. The highest BCUT2D eigenvalue weighted by molar-refractivity contribution is 6.07. The first-order valence-electron chi connectivity index (χ1n) is 9.59. The van der Waals surface area contributed by atoms with E-state index in [0.717, 1.165) is 50.6 Å². The fraction of sp³-hybridized carbons (Fsp3) is 0.579. The molecule has 0 aliphatic carbocycles. The Labute approximate surface area is 159 Å². The van der Waals surface area contributed by atoms with E-state index in [4.69, 9.17) is 4.99 Å². The standard InChI is InChI=1S/C19H28N6O2/c1-3-20-17(22-11-7-15-6-4-5-10-21-15)25-12-8-14(9-13-25)19(2)16(26)23-18(27)24-19/h4-6,10,14H,3,7-9,11-13H2,1-2H3,(H,20,22)(H2,23,24,26,27). The highest BCUT2D eigenvalue weighted by Crippen LogP contribution is 2.30. The van der Waals surface area contributed by atoms with Gasteiger partial charge in [-0.05, 0) is 44.7 Å². The van der Waals surface area contributed by atoms with Crippen LogP contribution in [-0.4, -0.2) is 59.5 Å². The van der Waals surface area contributed by atoms with E-state index in [-0.39, 0.29) is 11.8 Å². The summed E-state index contributed by atoms with van der Waals surface area (Å²) >= 11 is 0. The summed E-state index contributed by atoms with van der Waals surface area (Å²) in [6.45, 7) is 6.96. The molecule has 3 amide bonds. The first-order chi connectivity index (χ1) is 13.0. The summed E-state index contributed by atoms with van der Waals surface area (Å²) in [5, 5.41) is 8.51. The van der Waals surface area contributed by atoms with Gasteiger partial charge in [-0.15, -0.1) is 0 Å². The zero-order chi connectivity index (χ0) is 19.3. The molecule has 1 aromatic rings. The van der Waals surface area contributed by atoms with E-state index in [9.17, 15) is 9.59 Å². The van der Waals surface area contributed by atoms with Crippen molar-refractivity contribution in [2.45, 2.75) is 38.6 Å². The predicted octanol–water partition coefficient (Wildman–Crippen LogP) is 0.900. The number of piperidine rings is 1. The van der Waals surface area contributed by atoms with Crippen molar-refractivity contribution in [2.75, 3.05) is 26.2 Å². The van der Waals surface area contributed by atoms with Crippen LogP contribution in [0.4, 0.5) is 4.79 Å². The number of carbonyl (C=O) groups excluding carboxylic acids is 2. The molecule has 8 nitrogen and oxygen atoms in total. The number of imide groups is 1. The van der Waals surface area contributed by atoms with Crippen molar-refractivity contribution in [1.29, 1.82) is 0 Å². The van der Waals surface area contributed by atoms with Crippen LogP contribution in [0.25, 0.3) is 0 Å². The van der Waals surface area contributed by atoms with Gasteiger partial charge in [-0.1, -0.05) is 6.07 Å². The van der Waals surface area contributed by atoms with Gasteiger partial charge in [0.05, 0.1) is 0 Å². The lowest BCUT2D eigenvalue weighted by Gasteiger charge is -2.39. The number of amides is 3. The van der Waals surface area contributed by atoms with Gasteiger partial charge in [0.1, 0.15) is 5.54 Å². The van der Waals surface area contributed by atoms with Gasteiger partial charge in [0.15, 0.2) is 5.96 Å². The zero-order valence-electron chi connectivity index (χ0n) is 16.0. The third-order valence-electron chi connectivity index (χ3n) is 5.37. The quantitative estimate of drug-likeness (QED) is 0.405. The molecule has 1 atom stereocenters. The molecule has 146 valence electrons. The Hall–Kier alpha value is -2.64. The van der Waals surface area contributed by atoms with E-state index in [2.05, 4.69) is 32.8 Å². The Kier molecular flexibility index (Phi) is 5.93. The summed E-state index contributed by atoms with van der Waals surface area (Å²) in [5.74, 6) is 0.801. The summed E-state index contributed by atoms with van der Waals surface area (Å²) in [4.78, 5) is 35.0. The van der Waals surface area contributed by atoms with Crippen molar-refractivity contribution in [3.63, 3.8) is 0 Å². The fourth-order valence-electron chi connectivity index (χ4n) is 3.76. The van der Waals surface area contributed by atoms with Crippen LogP contribution in [-0.2, 0) is 11.2 Å². The Morgan fingerprint density at radius 2 is 2.15 bits per heavy atom. The van der Waals surface area contributed by atoms with Crippen molar-refractivity contribution in [2.24, 2.45) is 10.9 Å². The fourth-order valence-corrected chi connectivity index (χ4v) is 3.76. The van der Waals surface area contributed by atoms with Crippen LogP contribution < -0.4 is 16.0 Å².